The smallest absolute Gasteiger partial charge is 0.338 e. The Kier molecular flexibility index (Phi) is 3.54. The number of thiophene rings is 1. The lowest BCUT2D eigenvalue weighted by Crippen LogP contribution is -2.27. The summed E-state index contributed by atoms with van der Waals surface area (Å²) in [6.45, 7) is 1.99. The van der Waals surface area contributed by atoms with Gasteiger partial charge in [-0.15, -0.1) is 11.3 Å². The number of amides is 1. The standard InChI is InChI=1S/C15H19NO3S/c1-2-10-7-12(15(18)19)14(20-10)16-13(17)11-6-8-3-4-9(11)5-8/h7-9,11H,2-6H2,1H3,(H,16,17)(H,18,19). The Balaban J connectivity index is 1.75. The number of rotatable bonds is 4. The molecule has 2 aliphatic rings. The Labute approximate surface area is 122 Å². The minimum absolute atomic E-state index is 0.0178. The predicted molar refractivity (Wildman–Crippen MR) is 78.2 cm³/mol. The first kappa shape index (κ1) is 13.6. The number of carboxylic acids is 1. The van der Waals surface area contributed by atoms with Crippen molar-refractivity contribution in [2.75, 3.05) is 5.32 Å². The van der Waals surface area contributed by atoms with Gasteiger partial charge in [-0.2, -0.15) is 0 Å². The Morgan fingerprint density at radius 3 is 2.75 bits per heavy atom. The van der Waals surface area contributed by atoms with Gasteiger partial charge in [-0.05, 0) is 43.6 Å². The SMILES string of the molecule is CCc1cc(C(=O)O)c(NC(=O)C2CC3CCC2C3)s1. The highest BCUT2D eigenvalue weighted by molar-refractivity contribution is 7.16. The fourth-order valence-corrected chi connectivity index (χ4v) is 4.63. The van der Waals surface area contributed by atoms with Crippen molar-refractivity contribution in [3.63, 3.8) is 0 Å². The number of aryl methyl sites for hydroxylation is 1. The lowest BCUT2D eigenvalue weighted by Gasteiger charge is -2.20. The third kappa shape index (κ3) is 2.35. The van der Waals surface area contributed by atoms with Crippen LogP contribution in [0.3, 0.4) is 0 Å². The number of anilines is 1. The summed E-state index contributed by atoms with van der Waals surface area (Å²) in [5.41, 5.74) is 0.225. The number of aromatic carboxylic acids is 1. The summed E-state index contributed by atoms with van der Waals surface area (Å²) >= 11 is 1.38. The summed E-state index contributed by atoms with van der Waals surface area (Å²) in [7, 11) is 0. The molecule has 2 saturated carbocycles. The van der Waals surface area contributed by atoms with Crippen LogP contribution in [0.4, 0.5) is 5.00 Å². The van der Waals surface area contributed by atoms with Crippen LogP contribution in [0.5, 0.6) is 0 Å². The topological polar surface area (TPSA) is 66.4 Å². The molecule has 0 spiro atoms. The van der Waals surface area contributed by atoms with Gasteiger partial charge in [-0.25, -0.2) is 4.79 Å². The maximum Gasteiger partial charge on any atom is 0.338 e. The van der Waals surface area contributed by atoms with Gasteiger partial charge >= 0.3 is 5.97 Å². The first-order valence-corrected chi connectivity index (χ1v) is 8.07. The Hall–Kier alpha value is -1.36. The zero-order valence-corrected chi connectivity index (χ0v) is 12.3. The van der Waals surface area contributed by atoms with Crippen molar-refractivity contribution in [1.82, 2.24) is 0 Å². The van der Waals surface area contributed by atoms with Crippen molar-refractivity contribution in [2.45, 2.75) is 39.0 Å². The molecule has 2 fully saturated rings. The summed E-state index contributed by atoms with van der Waals surface area (Å²) in [5, 5.41) is 12.6. The van der Waals surface area contributed by atoms with Gasteiger partial charge in [-0.1, -0.05) is 13.3 Å². The number of nitrogens with one attached hydrogen (secondary N) is 1. The normalized spacial score (nSPS) is 27.8. The van der Waals surface area contributed by atoms with Crippen LogP contribution in [0, 0.1) is 17.8 Å². The van der Waals surface area contributed by atoms with Crippen LogP contribution in [-0.2, 0) is 11.2 Å². The van der Waals surface area contributed by atoms with E-state index in [1.165, 1.54) is 24.2 Å². The fraction of sp³-hybridized carbons (Fsp3) is 0.600. The van der Waals surface area contributed by atoms with Gasteiger partial charge in [0.05, 0.1) is 5.56 Å². The molecule has 4 nitrogen and oxygen atoms in total. The molecule has 2 aliphatic carbocycles. The first-order valence-electron chi connectivity index (χ1n) is 7.25. The van der Waals surface area contributed by atoms with Crippen LogP contribution in [-0.4, -0.2) is 17.0 Å². The second-order valence-electron chi connectivity index (χ2n) is 5.88. The molecule has 3 rings (SSSR count). The van der Waals surface area contributed by atoms with E-state index in [2.05, 4.69) is 5.32 Å². The Morgan fingerprint density at radius 2 is 2.20 bits per heavy atom. The monoisotopic (exact) mass is 293 g/mol. The van der Waals surface area contributed by atoms with Gasteiger partial charge in [0, 0.05) is 10.8 Å². The van der Waals surface area contributed by atoms with Crippen LogP contribution in [0.2, 0.25) is 0 Å². The summed E-state index contributed by atoms with van der Waals surface area (Å²) in [6, 6.07) is 1.67. The van der Waals surface area contributed by atoms with E-state index in [0.717, 1.165) is 24.1 Å². The quantitative estimate of drug-likeness (QED) is 0.894. The molecule has 1 aromatic rings. The maximum absolute atomic E-state index is 12.4. The second-order valence-corrected chi connectivity index (χ2v) is 7.02. The number of carboxylic acid groups (broad SMARTS) is 1. The molecule has 0 aliphatic heterocycles. The summed E-state index contributed by atoms with van der Waals surface area (Å²) in [4.78, 5) is 24.6. The third-order valence-electron chi connectivity index (χ3n) is 4.67. The highest BCUT2D eigenvalue weighted by Gasteiger charge is 2.43. The molecule has 1 heterocycles. The van der Waals surface area contributed by atoms with Crippen LogP contribution >= 0.6 is 11.3 Å². The molecule has 5 heteroatoms. The van der Waals surface area contributed by atoms with Crippen LogP contribution in [0.1, 0.15) is 47.8 Å². The molecular formula is C15H19NO3S. The van der Waals surface area contributed by atoms with Gasteiger partial charge in [0.25, 0.3) is 0 Å². The van der Waals surface area contributed by atoms with E-state index in [-0.39, 0.29) is 17.4 Å². The van der Waals surface area contributed by atoms with Gasteiger partial charge in [0.1, 0.15) is 5.00 Å². The van der Waals surface area contributed by atoms with Crippen molar-refractivity contribution in [3.05, 3.63) is 16.5 Å². The van der Waals surface area contributed by atoms with E-state index in [0.29, 0.717) is 16.8 Å². The van der Waals surface area contributed by atoms with Crippen LogP contribution in [0.15, 0.2) is 6.07 Å². The largest absolute Gasteiger partial charge is 0.478 e. The van der Waals surface area contributed by atoms with E-state index < -0.39 is 5.97 Å². The van der Waals surface area contributed by atoms with Crippen molar-refractivity contribution in [1.29, 1.82) is 0 Å². The summed E-state index contributed by atoms with van der Waals surface area (Å²) in [5.74, 6) is 0.360. The van der Waals surface area contributed by atoms with Gasteiger partial charge in [0.15, 0.2) is 0 Å². The van der Waals surface area contributed by atoms with E-state index in [4.69, 9.17) is 0 Å². The number of carbonyl (C=O) groups is 2. The molecule has 20 heavy (non-hydrogen) atoms. The highest BCUT2D eigenvalue weighted by Crippen LogP contribution is 2.48. The summed E-state index contributed by atoms with van der Waals surface area (Å²) in [6.07, 6.45) is 5.35. The number of carbonyl (C=O) groups excluding carboxylic acids is 1. The van der Waals surface area contributed by atoms with Crippen molar-refractivity contribution < 1.29 is 14.7 Å². The van der Waals surface area contributed by atoms with E-state index >= 15 is 0 Å². The first-order chi connectivity index (χ1) is 9.58. The van der Waals surface area contributed by atoms with Crippen LogP contribution < -0.4 is 5.32 Å². The average Bonchev–Trinajstić information content (AvgIpc) is 3.12. The van der Waals surface area contributed by atoms with Crippen LogP contribution in [0.25, 0.3) is 0 Å². The molecule has 108 valence electrons. The van der Waals surface area contributed by atoms with E-state index in [9.17, 15) is 14.7 Å². The second kappa shape index (κ2) is 5.20. The predicted octanol–water partition coefficient (Wildman–Crippen LogP) is 3.38. The molecule has 2 N–H and O–H groups in total. The molecule has 0 saturated heterocycles. The number of hydrogen-bond acceptors (Lipinski definition) is 3. The molecule has 0 radical (unpaired) electrons. The van der Waals surface area contributed by atoms with E-state index in [1.807, 2.05) is 6.92 Å². The lowest BCUT2D eigenvalue weighted by molar-refractivity contribution is -0.121. The molecule has 1 aromatic heterocycles. The van der Waals surface area contributed by atoms with Gasteiger partial charge < -0.3 is 10.4 Å². The average molecular weight is 293 g/mol. The third-order valence-corrected chi connectivity index (χ3v) is 5.87. The molecule has 1 amide bonds. The summed E-state index contributed by atoms with van der Waals surface area (Å²) < 4.78 is 0. The fourth-order valence-electron chi connectivity index (χ4n) is 3.64. The van der Waals surface area contributed by atoms with Gasteiger partial charge in [0.2, 0.25) is 5.91 Å². The molecule has 3 atom stereocenters. The number of hydrogen-bond donors (Lipinski definition) is 2. The molecular weight excluding hydrogens is 274 g/mol. The lowest BCUT2D eigenvalue weighted by atomic mass is 9.88. The zero-order chi connectivity index (χ0) is 14.3. The number of fused-ring (bicyclic) bond motifs is 2. The Morgan fingerprint density at radius 1 is 1.40 bits per heavy atom. The Bertz CT molecular complexity index is 551. The minimum atomic E-state index is -0.968. The molecule has 3 unspecified atom stereocenters. The minimum Gasteiger partial charge on any atom is -0.478 e. The highest BCUT2D eigenvalue weighted by atomic mass is 32.1. The van der Waals surface area contributed by atoms with Gasteiger partial charge in [-0.3, -0.25) is 4.79 Å². The van der Waals surface area contributed by atoms with E-state index in [1.54, 1.807) is 6.07 Å². The van der Waals surface area contributed by atoms with Crippen molar-refractivity contribution in [2.24, 2.45) is 17.8 Å². The van der Waals surface area contributed by atoms with Crippen molar-refractivity contribution >= 4 is 28.2 Å². The zero-order valence-electron chi connectivity index (χ0n) is 11.5. The molecule has 2 bridgehead atoms. The molecule has 0 aromatic carbocycles. The maximum atomic E-state index is 12.4. The van der Waals surface area contributed by atoms with Crippen molar-refractivity contribution in [3.8, 4) is 0 Å².